The van der Waals surface area contributed by atoms with Crippen LogP contribution in [0.1, 0.15) is 44.9 Å². The van der Waals surface area contributed by atoms with Crippen LogP contribution in [0.3, 0.4) is 0 Å². The third-order valence-corrected chi connectivity index (χ3v) is 7.04. The molecule has 2 amide bonds. The van der Waals surface area contributed by atoms with E-state index < -0.39 is 0 Å². The summed E-state index contributed by atoms with van der Waals surface area (Å²) in [6, 6.07) is 13.2. The fourth-order valence-electron chi connectivity index (χ4n) is 4.61. The predicted molar refractivity (Wildman–Crippen MR) is 143 cm³/mol. The quantitative estimate of drug-likeness (QED) is 0.474. The van der Waals surface area contributed by atoms with Crippen molar-refractivity contribution in [2.24, 2.45) is 7.05 Å². The number of phenols is 1. The Balaban J connectivity index is 1.55. The maximum Gasteiger partial charge on any atom is 0.268 e. The largest absolute Gasteiger partial charge is 0.508 e. The topological polar surface area (TPSA) is 89.8 Å². The van der Waals surface area contributed by atoms with Crippen LogP contribution in [0.15, 0.2) is 48.7 Å². The second-order valence-electron chi connectivity index (χ2n) is 9.80. The first-order chi connectivity index (χ1) is 17.1. The summed E-state index contributed by atoms with van der Waals surface area (Å²) in [5, 5.41) is 16.2. The van der Waals surface area contributed by atoms with Gasteiger partial charge < -0.3 is 30.1 Å². The Morgan fingerprint density at radius 3 is 2.47 bits per heavy atom. The van der Waals surface area contributed by atoms with E-state index in [1.54, 1.807) is 30.8 Å². The molecular formula is C28H35N5O3. The molecule has 8 heteroatoms. The number of carbonyl (C=O) groups excluding carboxylic acids is 2. The summed E-state index contributed by atoms with van der Waals surface area (Å²) in [6.45, 7) is 5.70. The van der Waals surface area contributed by atoms with Crippen molar-refractivity contribution in [3.63, 3.8) is 0 Å². The Hall–Kier alpha value is -3.78. The van der Waals surface area contributed by atoms with Crippen LogP contribution >= 0.6 is 0 Å². The molecule has 2 aromatic carbocycles. The lowest BCUT2D eigenvalue weighted by Crippen LogP contribution is -2.57. The van der Waals surface area contributed by atoms with E-state index >= 15 is 0 Å². The number of carbonyl (C=O) groups is 2. The average Bonchev–Trinajstić information content (AvgIpc) is 3.19. The lowest BCUT2D eigenvalue weighted by molar-refractivity contribution is 0.0936. The van der Waals surface area contributed by atoms with Gasteiger partial charge in [-0.3, -0.25) is 9.59 Å². The van der Waals surface area contributed by atoms with Gasteiger partial charge in [-0.1, -0.05) is 6.07 Å². The number of rotatable bonds is 7. The number of aryl methyl sites for hydroxylation is 2. The number of aromatic nitrogens is 1. The van der Waals surface area contributed by atoms with Gasteiger partial charge in [0.2, 0.25) is 0 Å². The lowest BCUT2D eigenvalue weighted by atomic mass is 9.98. The number of hydrogen-bond acceptors (Lipinski definition) is 5. The number of hydrogen-bond donors (Lipinski definition) is 3. The summed E-state index contributed by atoms with van der Waals surface area (Å²) < 4.78 is 1.75. The van der Waals surface area contributed by atoms with Crippen LogP contribution in [0, 0.1) is 6.92 Å². The van der Waals surface area contributed by atoms with Crippen LogP contribution in [0.2, 0.25) is 0 Å². The molecular weight excluding hydrogens is 454 g/mol. The predicted octanol–water partition coefficient (Wildman–Crippen LogP) is 3.31. The number of aromatic hydroxyl groups is 1. The lowest BCUT2D eigenvalue weighted by Gasteiger charge is -2.44. The molecule has 1 atom stereocenters. The van der Waals surface area contributed by atoms with Crippen molar-refractivity contribution in [3.05, 3.63) is 71.0 Å². The zero-order valence-corrected chi connectivity index (χ0v) is 21.8. The molecule has 1 saturated heterocycles. The molecule has 36 heavy (non-hydrogen) atoms. The van der Waals surface area contributed by atoms with Crippen molar-refractivity contribution >= 4 is 17.5 Å². The van der Waals surface area contributed by atoms with Crippen molar-refractivity contribution in [1.82, 2.24) is 20.1 Å². The molecule has 0 unspecified atom stereocenters. The van der Waals surface area contributed by atoms with Crippen LogP contribution in [0.4, 0.5) is 5.69 Å². The van der Waals surface area contributed by atoms with E-state index in [9.17, 15) is 14.7 Å². The Bertz CT molecular complexity index is 1290. The number of nitrogens with one attached hydrogen (secondary N) is 2. The van der Waals surface area contributed by atoms with Crippen molar-refractivity contribution in [1.29, 1.82) is 0 Å². The second kappa shape index (κ2) is 10.1. The van der Waals surface area contributed by atoms with E-state index in [0.717, 1.165) is 29.9 Å². The minimum Gasteiger partial charge on any atom is -0.508 e. The third-order valence-electron chi connectivity index (χ3n) is 7.04. The standard InChI is InChI=1S/C28H35N5O3/c1-17-7-8-21(33-15-22(16-33)31(4)5)14-25(17)27(35)30-18(2)19-11-20(13-23(34)12-19)24-9-10-32(6)26(24)28(36)29-3/h7-14,18,22,34H,15-16H2,1-6H3,(H,29,36)(H,30,35)/t18-/m1/s1. The number of benzene rings is 2. The van der Waals surface area contributed by atoms with E-state index in [4.69, 9.17) is 0 Å². The van der Waals surface area contributed by atoms with Gasteiger partial charge in [0.1, 0.15) is 11.4 Å². The summed E-state index contributed by atoms with van der Waals surface area (Å²) in [6.07, 6.45) is 1.81. The summed E-state index contributed by atoms with van der Waals surface area (Å²) in [4.78, 5) is 30.2. The molecule has 8 nitrogen and oxygen atoms in total. The first-order valence-electron chi connectivity index (χ1n) is 12.1. The second-order valence-corrected chi connectivity index (χ2v) is 9.80. The molecule has 3 N–H and O–H groups in total. The van der Waals surface area contributed by atoms with Gasteiger partial charge in [0.25, 0.3) is 11.8 Å². The van der Waals surface area contributed by atoms with Crippen LogP contribution in [-0.2, 0) is 7.05 Å². The van der Waals surface area contributed by atoms with E-state index in [-0.39, 0.29) is 23.6 Å². The minimum atomic E-state index is -0.360. The fraction of sp³-hybridized carbons (Fsp3) is 0.357. The van der Waals surface area contributed by atoms with E-state index in [1.165, 1.54) is 0 Å². The van der Waals surface area contributed by atoms with Gasteiger partial charge in [-0.15, -0.1) is 0 Å². The number of likely N-dealkylation sites (N-methyl/N-ethyl adjacent to an activating group) is 1. The van der Waals surface area contributed by atoms with Crippen LogP contribution in [0.25, 0.3) is 11.1 Å². The maximum atomic E-state index is 13.3. The van der Waals surface area contributed by atoms with E-state index in [0.29, 0.717) is 28.4 Å². The highest BCUT2D eigenvalue weighted by molar-refractivity contribution is 6.00. The SMILES string of the molecule is CNC(=O)c1c(-c2cc(O)cc([C@@H](C)NC(=O)c3cc(N4CC(N(C)C)C4)ccc3C)c2)ccn1C. The molecule has 3 aromatic rings. The molecule has 190 valence electrons. The molecule has 1 aliphatic rings. The average molecular weight is 490 g/mol. The molecule has 0 aliphatic carbocycles. The zero-order valence-electron chi connectivity index (χ0n) is 21.8. The number of nitrogens with zero attached hydrogens (tertiary/aromatic N) is 3. The molecule has 1 aromatic heterocycles. The summed E-state index contributed by atoms with van der Waals surface area (Å²) in [7, 11) is 7.56. The number of anilines is 1. The van der Waals surface area contributed by atoms with Gasteiger partial charge in [0.05, 0.1) is 6.04 Å². The van der Waals surface area contributed by atoms with Crippen molar-refractivity contribution in [3.8, 4) is 16.9 Å². The van der Waals surface area contributed by atoms with Gasteiger partial charge in [-0.25, -0.2) is 0 Å². The normalized spacial score (nSPS) is 14.5. The third kappa shape index (κ3) is 4.95. The van der Waals surface area contributed by atoms with Crippen molar-refractivity contribution in [2.45, 2.75) is 25.9 Å². The molecule has 0 bridgehead atoms. The van der Waals surface area contributed by atoms with Gasteiger partial charge in [-0.05, 0) is 81.0 Å². The summed E-state index contributed by atoms with van der Waals surface area (Å²) >= 11 is 0. The molecule has 0 spiro atoms. The monoisotopic (exact) mass is 489 g/mol. The fourth-order valence-corrected chi connectivity index (χ4v) is 4.61. The van der Waals surface area contributed by atoms with E-state index in [2.05, 4.69) is 40.6 Å². The maximum absolute atomic E-state index is 13.3. The first-order valence-corrected chi connectivity index (χ1v) is 12.1. The van der Waals surface area contributed by atoms with Gasteiger partial charge >= 0.3 is 0 Å². The minimum absolute atomic E-state index is 0.0710. The van der Waals surface area contributed by atoms with Crippen LogP contribution in [-0.4, -0.2) is 66.7 Å². The molecule has 0 saturated carbocycles. The summed E-state index contributed by atoms with van der Waals surface area (Å²) in [5.74, 6) is -0.304. The Morgan fingerprint density at radius 2 is 1.81 bits per heavy atom. The number of phenolic OH excluding ortho intramolecular Hbond substituents is 1. The van der Waals surface area contributed by atoms with Gasteiger partial charge in [0.15, 0.2) is 0 Å². The highest BCUT2D eigenvalue weighted by Crippen LogP contribution is 2.31. The van der Waals surface area contributed by atoms with E-state index in [1.807, 2.05) is 44.3 Å². The van der Waals surface area contributed by atoms with Gasteiger partial charge in [0, 0.05) is 56.2 Å². The first kappa shape index (κ1) is 25.3. The number of amides is 2. The molecule has 1 aliphatic heterocycles. The molecule has 0 radical (unpaired) electrons. The van der Waals surface area contributed by atoms with Gasteiger partial charge in [-0.2, -0.15) is 0 Å². The smallest absolute Gasteiger partial charge is 0.268 e. The Kier molecular flexibility index (Phi) is 7.08. The molecule has 2 heterocycles. The van der Waals surface area contributed by atoms with Crippen LogP contribution in [0.5, 0.6) is 5.75 Å². The highest BCUT2D eigenvalue weighted by atomic mass is 16.3. The summed E-state index contributed by atoms with van der Waals surface area (Å²) in [5.41, 5.74) is 5.25. The van der Waals surface area contributed by atoms with Crippen LogP contribution < -0.4 is 15.5 Å². The zero-order chi connectivity index (χ0) is 26.1. The van der Waals surface area contributed by atoms with Crippen molar-refractivity contribution in [2.75, 3.05) is 39.1 Å². The Morgan fingerprint density at radius 1 is 1.08 bits per heavy atom. The highest BCUT2D eigenvalue weighted by Gasteiger charge is 2.29. The molecule has 1 fully saturated rings. The Labute approximate surface area is 212 Å². The molecule has 4 rings (SSSR count). The van der Waals surface area contributed by atoms with Crippen molar-refractivity contribution < 1.29 is 14.7 Å².